The van der Waals surface area contributed by atoms with Crippen molar-refractivity contribution in [1.82, 2.24) is 4.98 Å². The molecular formula is C21H14ClFN2O3S2. The van der Waals surface area contributed by atoms with Crippen LogP contribution in [-0.2, 0) is 16.1 Å². The Labute approximate surface area is 184 Å². The second-order valence-corrected chi connectivity index (χ2v) is 8.54. The topological polar surface area (TPSA) is 59.5 Å². The van der Waals surface area contributed by atoms with E-state index in [0.717, 1.165) is 11.3 Å². The molecule has 2 aromatic heterocycles. The second-order valence-electron chi connectivity index (χ2n) is 6.27. The van der Waals surface area contributed by atoms with Crippen molar-refractivity contribution in [2.24, 2.45) is 0 Å². The number of anilines is 2. The first-order valence-corrected chi connectivity index (χ1v) is 10.9. The van der Waals surface area contributed by atoms with E-state index in [2.05, 4.69) is 4.98 Å². The Morgan fingerprint density at radius 3 is 2.70 bits per heavy atom. The number of thiazole rings is 1. The lowest BCUT2D eigenvalue weighted by molar-refractivity contribution is -0.115. The van der Waals surface area contributed by atoms with Crippen LogP contribution in [0, 0.1) is 5.82 Å². The van der Waals surface area contributed by atoms with Crippen LogP contribution in [0.5, 0.6) is 0 Å². The van der Waals surface area contributed by atoms with Crippen molar-refractivity contribution in [2.75, 3.05) is 4.90 Å². The molecule has 0 bridgehead atoms. The molecule has 30 heavy (non-hydrogen) atoms. The highest BCUT2D eigenvalue weighted by atomic mass is 35.5. The normalized spacial score (nSPS) is 10.9. The number of hydrogen-bond donors (Lipinski definition) is 0. The number of ether oxygens (including phenoxy) is 1. The molecule has 0 aliphatic carbocycles. The molecule has 0 unspecified atom stereocenters. The van der Waals surface area contributed by atoms with E-state index in [1.54, 1.807) is 5.38 Å². The Hall–Kier alpha value is -2.81. The summed E-state index contributed by atoms with van der Waals surface area (Å²) in [7, 11) is 0. The highest BCUT2D eigenvalue weighted by Crippen LogP contribution is 2.36. The number of thiophene rings is 1. The SMILES string of the molecule is CC(=O)N(c1ccccc1)c1nc(COC(=O)c2sc3cc(F)ccc3c2Cl)cs1. The van der Waals surface area contributed by atoms with Gasteiger partial charge in [-0.05, 0) is 30.3 Å². The fourth-order valence-corrected chi connectivity index (χ4v) is 5.14. The average molecular weight is 461 g/mol. The molecule has 0 aliphatic rings. The smallest absolute Gasteiger partial charge is 0.350 e. The van der Waals surface area contributed by atoms with Gasteiger partial charge in [-0.25, -0.2) is 14.2 Å². The van der Waals surface area contributed by atoms with Gasteiger partial charge in [-0.2, -0.15) is 0 Å². The van der Waals surface area contributed by atoms with Crippen molar-refractivity contribution in [3.63, 3.8) is 0 Å². The number of rotatable bonds is 5. The van der Waals surface area contributed by atoms with Gasteiger partial charge in [0.2, 0.25) is 5.91 Å². The van der Waals surface area contributed by atoms with Crippen molar-refractivity contribution in [1.29, 1.82) is 0 Å². The average Bonchev–Trinajstić information content (AvgIpc) is 3.31. The Bertz CT molecular complexity index is 1240. The third kappa shape index (κ3) is 4.07. The van der Waals surface area contributed by atoms with Gasteiger partial charge < -0.3 is 4.74 Å². The van der Waals surface area contributed by atoms with Gasteiger partial charge >= 0.3 is 5.97 Å². The van der Waals surface area contributed by atoms with E-state index in [1.165, 1.54) is 41.4 Å². The number of para-hydroxylation sites is 1. The number of amides is 1. The number of carbonyl (C=O) groups is 2. The fourth-order valence-electron chi connectivity index (χ4n) is 2.84. The molecule has 0 atom stereocenters. The Kier molecular flexibility index (Phi) is 5.80. The molecule has 0 fully saturated rings. The van der Waals surface area contributed by atoms with E-state index in [-0.39, 0.29) is 22.4 Å². The standard InChI is InChI=1S/C21H14ClFN2O3S2/c1-12(26)25(15-5-3-2-4-6-15)21-24-14(11-29-21)10-28-20(27)19-18(22)16-8-7-13(23)9-17(16)30-19/h2-9,11H,10H2,1H3. The van der Waals surface area contributed by atoms with Crippen LogP contribution < -0.4 is 4.90 Å². The molecule has 4 aromatic rings. The summed E-state index contributed by atoms with van der Waals surface area (Å²) in [5, 5.41) is 3.05. The summed E-state index contributed by atoms with van der Waals surface area (Å²) in [6, 6.07) is 13.3. The van der Waals surface area contributed by atoms with Crippen LogP contribution in [-0.4, -0.2) is 16.9 Å². The van der Waals surface area contributed by atoms with Crippen LogP contribution in [0.25, 0.3) is 10.1 Å². The lowest BCUT2D eigenvalue weighted by Gasteiger charge is -2.17. The van der Waals surface area contributed by atoms with Crippen molar-refractivity contribution in [2.45, 2.75) is 13.5 Å². The van der Waals surface area contributed by atoms with Gasteiger partial charge in [0.25, 0.3) is 0 Å². The summed E-state index contributed by atoms with van der Waals surface area (Å²) < 4.78 is 19.3. The summed E-state index contributed by atoms with van der Waals surface area (Å²) in [6.07, 6.45) is 0. The Balaban J connectivity index is 1.50. The number of hydrogen-bond acceptors (Lipinski definition) is 6. The minimum atomic E-state index is -0.609. The summed E-state index contributed by atoms with van der Waals surface area (Å²) in [6.45, 7) is 1.38. The molecule has 0 N–H and O–H groups in total. The highest BCUT2D eigenvalue weighted by Gasteiger charge is 2.21. The van der Waals surface area contributed by atoms with Gasteiger partial charge in [0.1, 0.15) is 17.3 Å². The molecule has 0 aliphatic heterocycles. The molecule has 0 radical (unpaired) electrons. The largest absolute Gasteiger partial charge is 0.455 e. The molecule has 4 rings (SSSR count). The molecule has 0 spiro atoms. The van der Waals surface area contributed by atoms with E-state index in [0.29, 0.717) is 26.6 Å². The molecule has 1 amide bonds. The minimum absolute atomic E-state index is 0.0746. The molecule has 152 valence electrons. The lowest BCUT2D eigenvalue weighted by Crippen LogP contribution is -2.22. The predicted octanol–water partition coefficient (Wildman–Crippen LogP) is 6.19. The van der Waals surface area contributed by atoms with Gasteiger partial charge in [-0.1, -0.05) is 29.8 Å². The van der Waals surface area contributed by atoms with Crippen molar-refractivity contribution in [3.05, 3.63) is 75.3 Å². The van der Waals surface area contributed by atoms with Crippen LogP contribution in [0.15, 0.2) is 53.9 Å². The van der Waals surface area contributed by atoms with Crippen LogP contribution in [0.2, 0.25) is 5.02 Å². The first-order chi connectivity index (χ1) is 14.4. The monoisotopic (exact) mass is 460 g/mol. The van der Waals surface area contributed by atoms with E-state index < -0.39 is 11.8 Å². The molecular weight excluding hydrogens is 447 g/mol. The molecule has 5 nitrogen and oxygen atoms in total. The third-order valence-electron chi connectivity index (χ3n) is 4.19. The van der Waals surface area contributed by atoms with E-state index in [4.69, 9.17) is 16.3 Å². The number of fused-ring (bicyclic) bond motifs is 1. The maximum absolute atomic E-state index is 13.4. The Morgan fingerprint density at radius 2 is 1.97 bits per heavy atom. The van der Waals surface area contributed by atoms with Crippen molar-refractivity contribution < 1.29 is 18.7 Å². The van der Waals surface area contributed by atoms with Gasteiger partial charge in [-0.15, -0.1) is 22.7 Å². The van der Waals surface area contributed by atoms with Gasteiger partial charge in [0, 0.05) is 22.4 Å². The summed E-state index contributed by atoms with van der Waals surface area (Å²) >= 11 is 8.61. The molecule has 9 heteroatoms. The molecule has 0 saturated heterocycles. The highest BCUT2D eigenvalue weighted by molar-refractivity contribution is 7.21. The number of nitrogens with zero attached hydrogens (tertiary/aromatic N) is 2. The van der Waals surface area contributed by atoms with Gasteiger partial charge in [0.05, 0.1) is 16.4 Å². The fraction of sp³-hybridized carbons (Fsp3) is 0.0952. The maximum Gasteiger partial charge on any atom is 0.350 e. The van der Waals surface area contributed by atoms with Gasteiger partial charge in [-0.3, -0.25) is 9.69 Å². The first-order valence-electron chi connectivity index (χ1n) is 8.79. The number of benzene rings is 2. The van der Waals surface area contributed by atoms with Crippen molar-refractivity contribution >= 4 is 67.1 Å². The quantitative estimate of drug-likeness (QED) is 0.333. The van der Waals surface area contributed by atoms with E-state index in [9.17, 15) is 14.0 Å². The molecule has 2 aromatic carbocycles. The number of carbonyl (C=O) groups excluding carboxylic acids is 2. The summed E-state index contributed by atoms with van der Waals surface area (Å²) in [5.41, 5.74) is 1.21. The van der Waals surface area contributed by atoms with Crippen LogP contribution in [0.4, 0.5) is 15.2 Å². The number of halogens is 2. The summed E-state index contributed by atoms with van der Waals surface area (Å²) in [4.78, 5) is 30.7. The molecule has 2 heterocycles. The van der Waals surface area contributed by atoms with Gasteiger partial charge in [0.15, 0.2) is 5.13 Å². The van der Waals surface area contributed by atoms with Crippen molar-refractivity contribution in [3.8, 4) is 0 Å². The Morgan fingerprint density at radius 1 is 1.20 bits per heavy atom. The van der Waals surface area contributed by atoms with E-state index >= 15 is 0 Å². The third-order valence-corrected chi connectivity index (χ3v) is 6.70. The zero-order valence-electron chi connectivity index (χ0n) is 15.6. The van der Waals surface area contributed by atoms with Crippen LogP contribution in [0.1, 0.15) is 22.3 Å². The predicted molar refractivity (Wildman–Crippen MR) is 117 cm³/mol. The van der Waals surface area contributed by atoms with E-state index in [1.807, 2.05) is 30.3 Å². The van der Waals surface area contributed by atoms with Crippen LogP contribution >= 0.6 is 34.3 Å². The number of aromatic nitrogens is 1. The van der Waals surface area contributed by atoms with Crippen LogP contribution in [0.3, 0.4) is 0 Å². The first kappa shape index (κ1) is 20.5. The lowest BCUT2D eigenvalue weighted by atomic mass is 10.2. The molecule has 0 saturated carbocycles. The summed E-state index contributed by atoms with van der Waals surface area (Å²) in [5.74, 6) is -1.19. The second kappa shape index (κ2) is 8.51. The maximum atomic E-state index is 13.4. The minimum Gasteiger partial charge on any atom is -0.455 e. The zero-order chi connectivity index (χ0) is 21.3. The zero-order valence-corrected chi connectivity index (χ0v) is 18.0. The number of esters is 1.